The summed E-state index contributed by atoms with van der Waals surface area (Å²) in [6, 6.07) is 14.1. The summed E-state index contributed by atoms with van der Waals surface area (Å²) in [5.41, 5.74) is 0.931. The third-order valence-corrected chi connectivity index (χ3v) is 4.42. The molecule has 146 valence electrons. The molecule has 0 saturated carbocycles. The van der Waals surface area contributed by atoms with Crippen molar-refractivity contribution in [2.45, 2.75) is 32.5 Å². The molecular weight excluding hydrogens is 353 g/mol. The number of hydrogen-bond acceptors (Lipinski definition) is 2. The molecule has 0 unspecified atom stereocenters. The second-order valence-corrected chi connectivity index (χ2v) is 6.94. The maximum atomic E-state index is 12.8. The van der Waals surface area contributed by atoms with Crippen molar-refractivity contribution in [2.24, 2.45) is 5.92 Å². The van der Waals surface area contributed by atoms with Crippen LogP contribution in [-0.2, 0) is 17.4 Å². The first kappa shape index (κ1) is 20.8. The second-order valence-electron chi connectivity index (χ2n) is 6.94. The summed E-state index contributed by atoms with van der Waals surface area (Å²) in [4.78, 5) is 14.5. The molecule has 2 rings (SSSR count). The number of rotatable bonds is 7. The van der Waals surface area contributed by atoms with Crippen LogP contribution in [0, 0.1) is 5.92 Å². The molecule has 2 aromatic rings. The van der Waals surface area contributed by atoms with Gasteiger partial charge in [0.2, 0.25) is 5.91 Å². The minimum atomic E-state index is -4.37. The van der Waals surface area contributed by atoms with Crippen molar-refractivity contribution in [1.29, 1.82) is 0 Å². The van der Waals surface area contributed by atoms with E-state index in [0.717, 1.165) is 24.1 Å². The van der Waals surface area contributed by atoms with Gasteiger partial charge in [-0.3, -0.25) is 4.79 Å². The van der Waals surface area contributed by atoms with Crippen LogP contribution in [0.4, 0.5) is 18.9 Å². The second kappa shape index (κ2) is 8.93. The maximum Gasteiger partial charge on any atom is 0.416 e. The van der Waals surface area contributed by atoms with E-state index in [1.54, 1.807) is 11.9 Å². The summed E-state index contributed by atoms with van der Waals surface area (Å²) in [5.74, 6) is -0.0974. The fourth-order valence-corrected chi connectivity index (χ4v) is 2.74. The predicted molar refractivity (Wildman–Crippen MR) is 101 cm³/mol. The Morgan fingerprint density at radius 2 is 1.63 bits per heavy atom. The van der Waals surface area contributed by atoms with Crippen LogP contribution in [0.3, 0.4) is 0 Å². The number of nitrogens with zero attached hydrogens (tertiary/aromatic N) is 1. The number of nitrogens with one attached hydrogen (secondary N) is 1. The van der Waals surface area contributed by atoms with E-state index in [1.807, 2.05) is 44.2 Å². The van der Waals surface area contributed by atoms with Gasteiger partial charge in [0, 0.05) is 19.3 Å². The van der Waals surface area contributed by atoms with Gasteiger partial charge in [0.1, 0.15) is 6.04 Å². The molecule has 0 saturated heterocycles. The Balaban J connectivity index is 2.01. The van der Waals surface area contributed by atoms with Gasteiger partial charge >= 0.3 is 6.18 Å². The Kier molecular flexibility index (Phi) is 6.88. The molecule has 0 heterocycles. The van der Waals surface area contributed by atoms with E-state index in [-0.39, 0.29) is 11.8 Å². The van der Waals surface area contributed by atoms with Gasteiger partial charge in [-0.1, -0.05) is 44.2 Å². The molecule has 0 aliphatic heterocycles. The number of anilines is 1. The minimum Gasteiger partial charge on any atom is -0.373 e. The molecule has 2 aromatic carbocycles. The summed E-state index contributed by atoms with van der Waals surface area (Å²) >= 11 is 0. The third kappa shape index (κ3) is 6.01. The molecule has 1 N–H and O–H groups in total. The molecule has 6 heteroatoms. The van der Waals surface area contributed by atoms with Gasteiger partial charge in [-0.25, -0.2) is 0 Å². The largest absolute Gasteiger partial charge is 0.416 e. The van der Waals surface area contributed by atoms with Gasteiger partial charge < -0.3 is 10.2 Å². The van der Waals surface area contributed by atoms with Gasteiger partial charge in [0.25, 0.3) is 0 Å². The van der Waals surface area contributed by atoms with Crippen LogP contribution in [0.1, 0.15) is 25.0 Å². The van der Waals surface area contributed by atoms with Gasteiger partial charge in [-0.15, -0.1) is 0 Å². The molecule has 0 fully saturated rings. The normalized spacial score (nSPS) is 12.7. The lowest BCUT2D eigenvalue weighted by Gasteiger charge is -2.28. The molecular formula is C21H25F3N2O. The highest BCUT2D eigenvalue weighted by atomic mass is 19.4. The smallest absolute Gasteiger partial charge is 0.373 e. The van der Waals surface area contributed by atoms with Crippen molar-refractivity contribution in [2.75, 3.05) is 18.9 Å². The lowest BCUT2D eigenvalue weighted by molar-refractivity contribution is -0.137. The van der Waals surface area contributed by atoms with E-state index >= 15 is 0 Å². The summed E-state index contributed by atoms with van der Waals surface area (Å²) in [6.07, 6.45) is -3.63. The van der Waals surface area contributed by atoms with Crippen LogP contribution in [0.25, 0.3) is 0 Å². The van der Waals surface area contributed by atoms with Gasteiger partial charge in [0.05, 0.1) is 5.56 Å². The molecule has 0 aliphatic rings. The summed E-state index contributed by atoms with van der Waals surface area (Å²) in [7, 11) is 1.75. The maximum absolute atomic E-state index is 12.8. The number of hydrogen-bond donors (Lipinski definition) is 1. The lowest BCUT2D eigenvalue weighted by atomic mass is 10.0. The van der Waals surface area contributed by atoms with Gasteiger partial charge in [-0.05, 0) is 42.2 Å². The average Bonchev–Trinajstić information content (AvgIpc) is 2.64. The first-order valence-corrected chi connectivity index (χ1v) is 8.91. The lowest BCUT2D eigenvalue weighted by Crippen LogP contribution is -2.44. The number of halogens is 3. The zero-order chi connectivity index (χ0) is 20.0. The van der Waals surface area contributed by atoms with Crippen LogP contribution in [0.5, 0.6) is 0 Å². The van der Waals surface area contributed by atoms with Crippen LogP contribution in [-0.4, -0.2) is 30.4 Å². The highest BCUT2D eigenvalue weighted by Crippen LogP contribution is 2.30. The Bertz CT molecular complexity index is 727. The van der Waals surface area contributed by atoms with E-state index in [0.29, 0.717) is 12.2 Å². The van der Waals surface area contributed by atoms with Crippen molar-refractivity contribution in [3.8, 4) is 0 Å². The first-order valence-electron chi connectivity index (χ1n) is 8.91. The number of amides is 1. The summed E-state index contributed by atoms with van der Waals surface area (Å²) < 4.78 is 38.1. The summed E-state index contributed by atoms with van der Waals surface area (Å²) in [6.45, 7) is 4.39. The minimum absolute atomic E-state index is 0.0148. The molecule has 0 radical (unpaired) electrons. The molecule has 3 nitrogen and oxygen atoms in total. The van der Waals surface area contributed by atoms with E-state index in [1.165, 1.54) is 12.1 Å². The van der Waals surface area contributed by atoms with Crippen LogP contribution in [0.15, 0.2) is 54.6 Å². The molecule has 0 bridgehead atoms. The first-order chi connectivity index (χ1) is 12.7. The topological polar surface area (TPSA) is 32.3 Å². The van der Waals surface area contributed by atoms with Gasteiger partial charge in [0.15, 0.2) is 0 Å². The Hall–Kier alpha value is -2.50. The fraction of sp³-hybridized carbons (Fsp3) is 0.381. The fourth-order valence-electron chi connectivity index (χ4n) is 2.74. The quantitative estimate of drug-likeness (QED) is 0.747. The SMILES string of the molecule is CC(C)[C@@H](Nc1ccc(C(F)(F)F)cc1)C(=O)N(C)CCc1ccccc1. The number of carbonyl (C=O) groups excluding carboxylic acids is 1. The number of alkyl halides is 3. The van der Waals surface area contributed by atoms with E-state index < -0.39 is 17.8 Å². The monoisotopic (exact) mass is 378 g/mol. The zero-order valence-electron chi connectivity index (χ0n) is 15.8. The molecule has 0 spiro atoms. The Morgan fingerprint density at radius 3 is 2.15 bits per heavy atom. The standard InChI is InChI=1S/C21H25F3N2O/c1-15(2)19(25-18-11-9-17(10-12-18)21(22,23)24)20(27)26(3)14-13-16-7-5-4-6-8-16/h4-12,15,19,25H,13-14H2,1-3H3/t19-/m1/s1. The van der Waals surface area contributed by atoms with E-state index in [2.05, 4.69) is 5.32 Å². The summed E-state index contributed by atoms with van der Waals surface area (Å²) in [5, 5.41) is 3.08. The van der Waals surface area contributed by atoms with E-state index in [4.69, 9.17) is 0 Å². The van der Waals surface area contributed by atoms with Crippen molar-refractivity contribution in [3.05, 3.63) is 65.7 Å². The third-order valence-electron chi connectivity index (χ3n) is 4.42. The van der Waals surface area contributed by atoms with E-state index in [9.17, 15) is 18.0 Å². The van der Waals surface area contributed by atoms with Crippen molar-refractivity contribution in [3.63, 3.8) is 0 Å². The number of benzene rings is 2. The number of carbonyl (C=O) groups is 1. The Labute approximate surface area is 158 Å². The molecule has 1 atom stereocenters. The van der Waals surface area contributed by atoms with Crippen LogP contribution >= 0.6 is 0 Å². The molecule has 1 amide bonds. The van der Waals surface area contributed by atoms with Gasteiger partial charge in [-0.2, -0.15) is 13.2 Å². The van der Waals surface area contributed by atoms with Crippen molar-refractivity contribution < 1.29 is 18.0 Å². The van der Waals surface area contributed by atoms with Crippen LogP contribution in [0.2, 0.25) is 0 Å². The van der Waals surface area contributed by atoms with Crippen molar-refractivity contribution in [1.82, 2.24) is 4.90 Å². The Morgan fingerprint density at radius 1 is 1.04 bits per heavy atom. The highest BCUT2D eigenvalue weighted by molar-refractivity contribution is 5.84. The molecule has 0 aromatic heterocycles. The van der Waals surface area contributed by atoms with Crippen LogP contribution < -0.4 is 5.32 Å². The number of likely N-dealkylation sites (N-methyl/N-ethyl adjacent to an activating group) is 1. The molecule has 0 aliphatic carbocycles. The average molecular weight is 378 g/mol. The van der Waals surface area contributed by atoms with Crippen molar-refractivity contribution >= 4 is 11.6 Å². The highest BCUT2D eigenvalue weighted by Gasteiger charge is 2.30. The molecule has 27 heavy (non-hydrogen) atoms. The predicted octanol–water partition coefficient (Wildman–Crippen LogP) is 4.84. The zero-order valence-corrected chi connectivity index (χ0v) is 15.8.